The van der Waals surface area contributed by atoms with Gasteiger partial charge in [-0.3, -0.25) is 9.69 Å². The zero-order valence-electron chi connectivity index (χ0n) is 13.3. The number of nitrogens with zero attached hydrogens (tertiary/aromatic N) is 3. The van der Waals surface area contributed by atoms with Crippen molar-refractivity contribution in [2.24, 2.45) is 0 Å². The lowest BCUT2D eigenvalue weighted by atomic mass is 10.0. The molecule has 0 saturated carbocycles. The Bertz CT molecular complexity index is 865. The fourth-order valence-electron chi connectivity index (χ4n) is 2.53. The summed E-state index contributed by atoms with van der Waals surface area (Å²) in [5, 5.41) is 11.8. The summed E-state index contributed by atoms with van der Waals surface area (Å²) < 4.78 is 5.65. The van der Waals surface area contributed by atoms with Gasteiger partial charge in [0.2, 0.25) is 0 Å². The van der Waals surface area contributed by atoms with Crippen molar-refractivity contribution < 1.29 is 14.5 Å². The quantitative estimate of drug-likeness (QED) is 0.592. The van der Waals surface area contributed by atoms with Crippen LogP contribution in [0.2, 0.25) is 10.0 Å². The summed E-state index contributed by atoms with van der Waals surface area (Å²) in [7, 11) is 0. The van der Waals surface area contributed by atoms with Gasteiger partial charge in [-0.15, -0.1) is 0 Å². The van der Waals surface area contributed by atoms with Crippen molar-refractivity contribution in [3.63, 3.8) is 0 Å². The topological polar surface area (TPSA) is 85.6 Å². The van der Waals surface area contributed by atoms with Crippen LogP contribution in [0.5, 0.6) is 5.75 Å². The van der Waals surface area contributed by atoms with Gasteiger partial charge in [0, 0.05) is 21.7 Å². The summed E-state index contributed by atoms with van der Waals surface area (Å²) in [6, 6.07) is 7.65. The van der Waals surface area contributed by atoms with E-state index in [2.05, 4.69) is 4.98 Å². The smallest absolute Gasteiger partial charge is 0.366 e. The molecule has 0 aliphatic carbocycles. The lowest BCUT2D eigenvalue weighted by molar-refractivity contribution is -0.389. The summed E-state index contributed by atoms with van der Waals surface area (Å²) in [4.78, 5) is 28.5. The maximum Gasteiger partial charge on any atom is 0.366 e. The summed E-state index contributed by atoms with van der Waals surface area (Å²) in [5.74, 6) is -0.443. The molecule has 7 nitrogen and oxygen atoms in total. The van der Waals surface area contributed by atoms with E-state index in [0.29, 0.717) is 15.6 Å². The van der Waals surface area contributed by atoms with Crippen molar-refractivity contribution in [1.82, 2.24) is 4.98 Å². The standard InChI is InChI=1S/C16H13Cl2N3O4/c1-16(2)15(22)20(8-9-10(17)4-3-5-11(9)18)14-12(25-16)6-7-13(19-14)21(23)24/h3-7H,8H2,1-2H3. The number of carbonyl (C=O) groups excluding carboxylic acids is 1. The van der Waals surface area contributed by atoms with Crippen LogP contribution in [0, 0.1) is 10.1 Å². The number of hydrogen-bond acceptors (Lipinski definition) is 5. The normalized spacial score (nSPS) is 15.5. The predicted molar refractivity (Wildman–Crippen MR) is 93.3 cm³/mol. The molecule has 0 atom stereocenters. The molecule has 2 heterocycles. The molecular formula is C16H13Cl2N3O4. The lowest BCUT2D eigenvalue weighted by Crippen LogP contribution is -2.52. The van der Waals surface area contributed by atoms with E-state index in [0.717, 1.165) is 0 Å². The molecule has 0 spiro atoms. The third kappa shape index (κ3) is 3.12. The minimum Gasteiger partial charge on any atom is -0.472 e. The Kier molecular flexibility index (Phi) is 4.30. The average Bonchev–Trinajstić information content (AvgIpc) is 2.53. The highest BCUT2D eigenvalue weighted by Gasteiger charge is 2.44. The SMILES string of the molecule is CC1(C)Oc2ccc([N+](=O)[O-])nc2N(Cc2c(Cl)cccc2Cl)C1=O. The van der Waals surface area contributed by atoms with Gasteiger partial charge in [0.15, 0.2) is 11.4 Å². The molecule has 2 aromatic rings. The first-order valence-corrected chi connectivity index (χ1v) is 8.05. The number of pyridine rings is 1. The van der Waals surface area contributed by atoms with Gasteiger partial charge in [-0.05, 0) is 42.0 Å². The van der Waals surface area contributed by atoms with Crippen LogP contribution >= 0.6 is 23.2 Å². The van der Waals surface area contributed by atoms with Crippen LogP contribution in [0.15, 0.2) is 30.3 Å². The summed E-state index contributed by atoms with van der Waals surface area (Å²) in [5.41, 5.74) is -0.630. The van der Waals surface area contributed by atoms with E-state index >= 15 is 0 Å². The number of rotatable bonds is 3. The fraction of sp³-hybridized carbons (Fsp3) is 0.250. The van der Waals surface area contributed by atoms with Crippen molar-refractivity contribution in [3.05, 3.63) is 56.1 Å². The second-order valence-corrected chi connectivity index (χ2v) is 6.77. The largest absolute Gasteiger partial charge is 0.472 e. The summed E-state index contributed by atoms with van der Waals surface area (Å²) >= 11 is 12.4. The van der Waals surface area contributed by atoms with E-state index in [1.807, 2.05) is 0 Å². The highest BCUT2D eigenvalue weighted by molar-refractivity contribution is 6.36. The molecule has 1 aromatic carbocycles. The molecule has 0 unspecified atom stereocenters. The van der Waals surface area contributed by atoms with Gasteiger partial charge in [0.25, 0.3) is 11.7 Å². The maximum atomic E-state index is 12.8. The number of fused-ring (bicyclic) bond motifs is 1. The molecule has 0 fully saturated rings. The molecule has 0 saturated heterocycles. The molecule has 0 bridgehead atoms. The molecule has 25 heavy (non-hydrogen) atoms. The molecule has 130 valence electrons. The summed E-state index contributed by atoms with van der Waals surface area (Å²) in [6.45, 7) is 3.24. The van der Waals surface area contributed by atoms with E-state index in [4.69, 9.17) is 27.9 Å². The van der Waals surface area contributed by atoms with E-state index in [1.165, 1.54) is 17.0 Å². The third-order valence-electron chi connectivity index (χ3n) is 3.77. The zero-order chi connectivity index (χ0) is 18.4. The Morgan fingerprint density at radius 2 is 1.88 bits per heavy atom. The highest BCUT2D eigenvalue weighted by Crippen LogP contribution is 2.39. The lowest BCUT2D eigenvalue weighted by Gasteiger charge is -2.36. The second-order valence-electron chi connectivity index (χ2n) is 5.95. The van der Waals surface area contributed by atoms with Gasteiger partial charge >= 0.3 is 5.82 Å². The molecule has 3 rings (SSSR count). The van der Waals surface area contributed by atoms with Crippen LogP contribution in [-0.2, 0) is 11.3 Å². The molecule has 0 radical (unpaired) electrons. The zero-order valence-corrected chi connectivity index (χ0v) is 14.8. The highest BCUT2D eigenvalue weighted by atomic mass is 35.5. The van der Waals surface area contributed by atoms with Gasteiger partial charge in [-0.2, -0.15) is 0 Å². The molecule has 0 N–H and O–H groups in total. The number of aromatic nitrogens is 1. The van der Waals surface area contributed by atoms with Crippen molar-refractivity contribution in [2.75, 3.05) is 4.90 Å². The first-order chi connectivity index (χ1) is 11.7. The van der Waals surface area contributed by atoms with Crippen LogP contribution in [0.4, 0.5) is 11.6 Å². The van der Waals surface area contributed by atoms with Gasteiger partial charge in [0.1, 0.15) is 0 Å². The van der Waals surface area contributed by atoms with Crippen molar-refractivity contribution in [2.45, 2.75) is 26.0 Å². The minimum atomic E-state index is -1.15. The number of amides is 1. The van der Waals surface area contributed by atoms with Crippen LogP contribution in [0.1, 0.15) is 19.4 Å². The Morgan fingerprint density at radius 3 is 2.48 bits per heavy atom. The predicted octanol–water partition coefficient (Wildman–Crippen LogP) is 4.00. The van der Waals surface area contributed by atoms with Crippen LogP contribution in [-0.4, -0.2) is 21.4 Å². The molecule has 1 aliphatic heterocycles. The van der Waals surface area contributed by atoms with E-state index in [1.54, 1.807) is 32.0 Å². The van der Waals surface area contributed by atoms with Crippen molar-refractivity contribution >= 4 is 40.7 Å². The Morgan fingerprint density at radius 1 is 1.24 bits per heavy atom. The average molecular weight is 382 g/mol. The van der Waals surface area contributed by atoms with E-state index in [-0.39, 0.29) is 23.9 Å². The van der Waals surface area contributed by atoms with Gasteiger partial charge in [-0.1, -0.05) is 29.3 Å². The van der Waals surface area contributed by atoms with Crippen LogP contribution in [0.3, 0.4) is 0 Å². The monoisotopic (exact) mass is 381 g/mol. The van der Waals surface area contributed by atoms with Crippen molar-refractivity contribution in [1.29, 1.82) is 0 Å². The fourth-order valence-corrected chi connectivity index (χ4v) is 3.05. The number of anilines is 1. The van der Waals surface area contributed by atoms with E-state index in [9.17, 15) is 14.9 Å². The number of benzene rings is 1. The third-order valence-corrected chi connectivity index (χ3v) is 4.48. The number of ether oxygens (including phenoxy) is 1. The molecule has 1 aliphatic rings. The Balaban J connectivity index is 2.13. The second kappa shape index (κ2) is 6.16. The first kappa shape index (κ1) is 17.4. The molecule has 1 amide bonds. The van der Waals surface area contributed by atoms with Crippen LogP contribution < -0.4 is 9.64 Å². The number of halogens is 2. The van der Waals surface area contributed by atoms with Crippen LogP contribution in [0.25, 0.3) is 0 Å². The van der Waals surface area contributed by atoms with Gasteiger partial charge in [-0.25, -0.2) is 0 Å². The van der Waals surface area contributed by atoms with Gasteiger partial charge < -0.3 is 14.9 Å². The number of hydrogen-bond donors (Lipinski definition) is 0. The number of nitro groups is 1. The number of carbonyl (C=O) groups is 1. The molecule has 9 heteroatoms. The Labute approximate surface area is 153 Å². The molecule has 1 aromatic heterocycles. The molecular weight excluding hydrogens is 369 g/mol. The maximum absolute atomic E-state index is 12.8. The Hall–Kier alpha value is -2.38. The summed E-state index contributed by atoms with van der Waals surface area (Å²) in [6.07, 6.45) is 0. The van der Waals surface area contributed by atoms with Gasteiger partial charge in [0.05, 0.1) is 6.54 Å². The minimum absolute atomic E-state index is 0.0191. The van der Waals surface area contributed by atoms with Crippen molar-refractivity contribution in [3.8, 4) is 5.75 Å². The van der Waals surface area contributed by atoms with E-state index < -0.39 is 16.4 Å². The first-order valence-electron chi connectivity index (χ1n) is 7.30.